The Labute approximate surface area is 97.9 Å². The normalized spacial score (nSPS) is 24.0. The van der Waals surface area contributed by atoms with Crippen LogP contribution in [0.1, 0.15) is 10.4 Å². The van der Waals surface area contributed by atoms with Crippen molar-refractivity contribution < 1.29 is 20.1 Å². The number of rotatable bonds is 2. The van der Waals surface area contributed by atoms with E-state index in [1.807, 2.05) is 0 Å². The third-order valence-electron chi connectivity index (χ3n) is 2.89. The molecule has 2 atom stereocenters. The first-order valence-electron chi connectivity index (χ1n) is 5.23. The number of nitrogen functional groups attached to an aromatic ring is 1. The van der Waals surface area contributed by atoms with Gasteiger partial charge in [0.25, 0.3) is 0 Å². The van der Waals surface area contributed by atoms with E-state index in [9.17, 15) is 15.0 Å². The predicted molar refractivity (Wildman–Crippen MR) is 62.0 cm³/mol. The van der Waals surface area contributed by atoms with E-state index in [0.717, 1.165) is 0 Å². The molecule has 6 nitrogen and oxygen atoms in total. The molecule has 0 radical (unpaired) electrons. The number of aliphatic hydroxyl groups excluding tert-OH is 2. The lowest BCUT2D eigenvalue weighted by Crippen LogP contribution is -2.22. The van der Waals surface area contributed by atoms with Gasteiger partial charge in [-0.15, -0.1) is 0 Å². The number of aromatic carboxylic acids is 1. The Morgan fingerprint density at radius 1 is 1.29 bits per heavy atom. The van der Waals surface area contributed by atoms with Gasteiger partial charge in [-0.25, -0.2) is 4.79 Å². The molecule has 1 aliphatic heterocycles. The van der Waals surface area contributed by atoms with Gasteiger partial charge in [0.1, 0.15) is 0 Å². The monoisotopic (exact) mass is 238 g/mol. The largest absolute Gasteiger partial charge is 0.478 e. The van der Waals surface area contributed by atoms with Gasteiger partial charge >= 0.3 is 5.97 Å². The van der Waals surface area contributed by atoms with Crippen LogP contribution >= 0.6 is 0 Å². The molecular formula is C11H14N2O4. The zero-order valence-corrected chi connectivity index (χ0v) is 9.08. The molecule has 1 aromatic carbocycles. The number of carbonyl (C=O) groups is 1. The minimum atomic E-state index is -1.09. The maximum atomic E-state index is 10.9. The van der Waals surface area contributed by atoms with Gasteiger partial charge in [0.2, 0.25) is 0 Å². The van der Waals surface area contributed by atoms with E-state index < -0.39 is 18.2 Å². The van der Waals surface area contributed by atoms with Crippen LogP contribution in [0.5, 0.6) is 0 Å². The van der Waals surface area contributed by atoms with Crippen LogP contribution in [0, 0.1) is 0 Å². The molecule has 1 aliphatic rings. The van der Waals surface area contributed by atoms with Crippen LogP contribution in [0.2, 0.25) is 0 Å². The fraction of sp³-hybridized carbons (Fsp3) is 0.364. The molecule has 1 saturated heterocycles. The van der Waals surface area contributed by atoms with Crippen LogP contribution in [-0.2, 0) is 0 Å². The Hall–Kier alpha value is -1.79. The number of nitrogens with two attached hydrogens (primary N) is 1. The van der Waals surface area contributed by atoms with E-state index in [2.05, 4.69) is 0 Å². The lowest BCUT2D eigenvalue weighted by molar-refractivity contribution is 0.0572. The van der Waals surface area contributed by atoms with Gasteiger partial charge in [-0.3, -0.25) is 0 Å². The number of benzene rings is 1. The van der Waals surface area contributed by atoms with Crippen molar-refractivity contribution in [2.75, 3.05) is 23.7 Å². The van der Waals surface area contributed by atoms with Gasteiger partial charge in [0, 0.05) is 24.5 Å². The van der Waals surface area contributed by atoms with Gasteiger partial charge in [0.05, 0.1) is 17.8 Å². The van der Waals surface area contributed by atoms with Gasteiger partial charge < -0.3 is 26.0 Å². The molecule has 0 saturated carbocycles. The fourth-order valence-corrected chi connectivity index (χ4v) is 1.91. The van der Waals surface area contributed by atoms with Crippen molar-refractivity contribution in [2.24, 2.45) is 0 Å². The molecule has 0 amide bonds. The zero-order valence-electron chi connectivity index (χ0n) is 9.08. The molecule has 1 fully saturated rings. The molecule has 1 heterocycles. The first-order chi connectivity index (χ1) is 7.99. The minimum Gasteiger partial charge on any atom is -0.478 e. The van der Waals surface area contributed by atoms with Crippen molar-refractivity contribution >= 4 is 17.3 Å². The lowest BCUT2D eigenvalue weighted by Gasteiger charge is -2.18. The number of nitrogens with zero attached hydrogens (tertiary/aromatic N) is 1. The summed E-state index contributed by atoms with van der Waals surface area (Å²) in [5, 5.41) is 27.8. The molecule has 17 heavy (non-hydrogen) atoms. The number of hydrogen-bond acceptors (Lipinski definition) is 5. The van der Waals surface area contributed by atoms with Crippen molar-refractivity contribution in [2.45, 2.75) is 12.2 Å². The van der Waals surface area contributed by atoms with E-state index >= 15 is 0 Å². The molecule has 92 valence electrons. The predicted octanol–water partition coefficient (Wildman–Crippen LogP) is -0.491. The van der Waals surface area contributed by atoms with Crippen LogP contribution in [0.25, 0.3) is 0 Å². The average Bonchev–Trinajstić information content (AvgIpc) is 2.59. The second-order valence-electron chi connectivity index (χ2n) is 4.12. The summed E-state index contributed by atoms with van der Waals surface area (Å²) in [6, 6.07) is 4.63. The second-order valence-corrected chi connectivity index (χ2v) is 4.12. The van der Waals surface area contributed by atoms with Crippen LogP contribution in [0.15, 0.2) is 18.2 Å². The van der Waals surface area contributed by atoms with E-state index in [0.29, 0.717) is 5.69 Å². The van der Waals surface area contributed by atoms with Crippen molar-refractivity contribution in [3.05, 3.63) is 23.8 Å². The van der Waals surface area contributed by atoms with Gasteiger partial charge in [-0.05, 0) is 18.2 Å². The third kappa shape index (κ3) is 2.17. The van der Waals surface area contributed by atoms with Crippen molar-refractivity contribution in [1.29, 1.82) is 0 Å². The highest BCUT2D eigenvalue weighted by Gasteiger charge is 2.30. The van der Waals surface area contributed by atoms with Crippen molar-refractivity contribution in [3.8, 4) is 0 Å². The maximum Gasteiger partial charge on any atom is 0.337 e. The van der Waals surface area contributed by atoms with Crippen LogP contribution in [0.3, 0.4) is 0 Å². The Kier molecular flexibility index (Phi) is 2.91. The van der Waals surface area contributed by atoms with Crippen LogP contribution < -0.4 is 10.6 Å². The lowest BCUT2D eigenvalue weighted by atomic mass is 10.1. The number of carboxylic acids is 1. The summed E-state index contributed by atoms with van der Waals surface area (Å²) in [5.74, 6) is -1.09. The first-order valence-corrected chi connectivity index (χ1v) is 5.23. The molecule has 2 rings (SSSR count). The number of β-amino-alcohol motifs (C(OH)–C–C–N with tert-alkyl or cyclic N) is 2. The molecular weight excluding hydrogens is 224 g/mol. The second kappa shape index (κ2) is 4.23. The third-order valence-corrected chi connectivity index (χ3v) is 2.89. The molecule has 2 unspecified atom stereocenters. The summed E-state index contributed by atoms with van der Waals surface area (Å²) in [6.07, 6.45) is -1.61. The molecule has 5 N–H and O–H groups in total. The molecule has 1 aromatic rings. The van der Waals surface area contributed by atoms with Crippen molar-refractivity contribution in [1.82, 2.24) is 0 Å². The topological polar surface area (TPSA) is 107 Å². The standard InChI is InChI=1S/C11H14N2O4/c12-8-2-1-6(3-7(8)11(16)17)13-4-9(14)10(15)5-13/h1-3,9-10,14-15H,4-5,12H2,(H,16,17). The smallest absolute Gasteiger partial charge is 0.337 e. The summed E-state index contributed by atoms with van der Waals surface area (Å²) in [5.41, 5.74) is 6.40. The molecule has 0 aromatic heterocycles. The van der Waals surface area contributed by atoms with Crippen molar-refractivity contribution in [3.63, 3.8) is 0 Å². The van der Waals surface area contributed by atoms with Gasteiger partial charge in [-0.1, -0.05) is 0 Å². The number of hydrogen-bond donors (Lipinski definition) is 4. The molecule has 0 spiro atoms. The number of anilines is 2. The summed E-state index contributed by atoms with van der Waals surface area (Å²) >= 11 is 0. The van der Waals surface area contributed by atoms with Gasteiger partial charge in [0.15, 0.2) is 0 Å². The van der Waals surface area contributed by atoms with Crippen LogP contribution in [0.4, 0.5) is 11.4 Å². The van der Waals surface area contributed by atoms with E-state index in [1.165, 1.54) is 12.1 Å². The first kappa shape index (κ1) is 11.7. The average molecular weight is 238 g/mol. The molecule has 0 bridgehead atoms. The number of carboxylic acid groups (broad SMARTS) is 1. The fourth-order valence-electron chi connectivity index (χ4n) is 1.91. The summed E-state index contributed by atoms with van der Waals surface area (Å²) in [4.78, 5) is 12.6. The Balaban J connectivity index is 2.28. The quantitative estimate of drug-likeness (QED) is 0.518. The molecule has 0 aliphatic carbocycles. The van der Waals surface area contributed by atoms with E-state index in [1.54, 1.807) is 11.0 Å². The highest BCUT2D eigenvalue weighted by molar-refractivity contribution is 5.94. The van der Waals surface area contributed by atoms with Gasteiger partial charge in [-0.2, -0.15) is 0 Å². The Morgan fingerprint density at radius 2 is 1.88 bits per heavy atom. The van der Waals surface area contributed by atoms with E-state index in [4.69, 9.17) is 10.8 Å². The SMILES string of the molecule is Nc1ccc(N2CC(O)C(O)C2)cc1C(=O)O. The summed E-state index contributed by atoms with van der Waals surface area (Å²) < 4.78 is 0. The molecule has 6 heteroatoms. The highest BCUT2D eigenvalue weighted by atomic mass is 16.4. The van der Waals surface area contributed by atoms with E-state index in [-0.39, 0.29) is 24.3 Å². The summed E-state index contributed by atoms with van der Waals surface area (Å²) in [7, 11) is 0. The zero-order chi connectivity index (χ0) is 12.6. The highest BCUT2D eigenvalue weighted by Crippen LogP contribution is 2.24. The number of aliphatic hydroxyl groups is 2. The minimum absolute atomic E-state index is 0.0263. The maximum absolute atomic E-state index is 10.9. The summed E-state index contributed by atoms with van der Waals surface area (Å²) in [6.45, 7) is 0.564. The Morgan fingerprint density at radius 3 is 2.41 bits per heavy atom. The van der Waals surface area contributed by atoms with Crippen LogP contribution in [-0.4, -0.2) is 46.6 Å². The Bertz CT molecular complexity index is 439.